The SMILES string of the molecule is COc1cc(CN2CCN(C3CC4(CCN(c5ccc(C(=O)NS(=O)(=O)c6cc7c(c([N+](=O)[O-])c6)N[C@@H](C6CCOCC6)CO7)c(N6c7cc8cc[nH]c8nc7O[C@H]7COCC[C@@H]76)c5)CC4)C3)[C@H](c3ccccc3C)C2)cnc1N1CCOCC1. The zero-order valence-corrected chi connectivity index (χ0v) is 48.9. The number of benzene rings is 3. The molecule has 1 aliphatic carbocycles. The van der Waals surface area contributed by atoms with Gasteiger partial charge in [0.2, 0.25) is 5.88 Å². The minimum Gasteiger partial charge on any atom is -0.493 e. The topological polar surface area (TPSA) is 232 Å². The number of pyridine rings is 2. The fourth-order valence-corrected chi connectivity index (χ4v) is 15.7. The first-order chi connectivity index (χ1) is 41.4. The third-order valence-corrected chi connectivity index (χ3v) is 20.6. The van der Waals surface area contributed by atoms with Gasteiger partial charge in [0.25, 0.3) is 21.6 Å². The van der Waals surface area contributed by atoms with Crippen molar-refractivity contribution in [2.75, 3.05) is 119 Å². The Morgan fingerprint density at radius 3 is 2.48 bits per heavy atom. The molecule has 0 radical (unpaired) electrons. The molecular weight excluding hydrogens is 1110 g/mol. The van der Waals surface area contributed by atoms with Crippen molar-refractivity contribution in [3.8, 4) is 17.4 Å². The van der Waals surface area contributed by atoms with Crippen LogP contribution in [0.2, 0.25) is 0 Å². The third kappa shape index (κ3) is 10.7. The lowest BCUT2D eigenvalue weighted by Crippen LogP contribution is -2.59. The number of rotatable bonds is 13. The number of aromatic amines is 1. The Hall–Kier alpha value is -7.28. The predicted molar refractivity (Wildman–Crippen MR) is 319 cm³/mol. The van der Waals surface area contributed by atoms with Gasteiger partial charge in [0.05, 0.1) is 60.1 Å². The van der Waals surface area contributed by atoms with Crippen LogP contribution < -0.4 is 38.9 Å². The van der Waals surface area contributed by atoms with E-state index in [4.69, 9.17) is 38.4 Å². The number of H-pyrrole nitrogens is 1. The van der Waals surface area contributed by atoms with E-state index < -0.39 is 37.5 Å². The summed E-state index contributed by atoms with van der Waals surface area (Å²) in [6, 6.07) is 22.9. The molecule has 1 spiro atoms. The Labute approximate surface area is 494 Å². The molecule has 85 heavy (non-hydrogen) atoms. The van der Waals surface area contributed by atoms with Crippen molar-refractivity contribution in [1.82, 2.24) is 29.5 Å². The zero-order valence-electron chi connectivity index (χ0n) is 48.1. The number of nitro benzene ring substituents is 1. The molecule has 448 valence electrons. The number of nitrogens with one attached hydrogen (secondary N) is 3. The van der Waals surface area contributed by atoms with Gasteiger partial charge in [0.1, 0.15) is 24.0 Å². The fraction of sp³-hybridized carbons (Fsp3) is 0.500. The van der Waals surface area contributed by atoms with E-state index >= 15 is 0 Å². The number of methoxy groups -OCH3 is 1. The largest absolute Gasteiger partial charge is 0.493 e. The van der Waals surface area contributed by atoms with Crippen LogP contribution in [0, 0.1) is 28.4 Å². The average Bonchev–Trinajstić information content (AvgIpc) is 2.29. The summed E-state index contributed by atoms with van der Waals surface area (Å²) in [6.45, 7) is 12.5. The number of carbonyl (C=O) groups is 1. The minimum atomic E-state index is -4.72. The zero-order chi connectivity index (χ0) is 58.0. The first-order valence-electron chi connectivity index (χ1n) is 30.0. The molecule has 5 saturated heterocycles. The standard InChI is InChI=1S/C62H73N11O11S/c1-39-5-3-4-6-46(39)53-36-68(35-40-27-55(79-2)59(64-34-40)70-20-25-81-26-21-70)18-19-71(53)44-32-62(33-44)13-16-69(17-14-62)43-7-8-47(50(29-43)72-49-12-24-82-38-56(49)84-61-52(72)28-42-9-15-63-58(42)66-61)60(74)67-85(77,78)45-30-51(73(75)76)57-54(31-45)83-37-48(65-57)41-10-22-80-23-11-41/h3-9,15,27-31,34,41,44,48-49,53,56,65H,10-14,16-26,32-33,35-38H2,1-2H3,(H,63,66)(H,67,74)/t48-,49+,53+,56+/m1/s1. The molecule has 0 unspecified atom stereocenters. The number of piperazine rings is 1. The summed E-state index contributed by atoms with van der Waals surface area (Å²) in [4.78, 5) is 51.5. The Bertz CT molecular complexity index is 3610. The summed E-state index contributed by atoms with van der Waals surface area (Å²) in [7, 11) is -2.99. The molecule has 22 nitrogen and oxygen atoms in total. The summed E-state index contributed by atoms with van der Waals surface area (Å²) in [5.41, 5.74) is 6.42. The maximum atomic E-state index is 15.0. The van der Waals surface area contributed by atoms with Crippen molar-refractivity contribution < 1.29 is 46.6 Å². The number of morpholine rings is 1. The third-order valence-electron chi connectivity index (χ3n) is 19.3. The number of aryl methyl sites for hydroxylation is 1. The number of carbonyl (C=O) groups excluding carboxylic acids is 1. The van der Waals surface area contributed by atoms with Gasteiger partial charge in [0.15, 0.2) is 23.0 Å². The van der Waals surface area contributed by atoms with Crippen molar-refractivity contribution in [2.24, 2.45) is 11.3 Å². The second kappa shape index (κ2) is 22.9. The van der Waals surface area contributed by atoms with Crippen molar-refractivity contribution in [2.45, 2.75) is 93.6 Å². The number of hydrogen-bond donors (Lipinski definition) is 3. The smallest absolute Gasteiger partial charge is 0.297 e. The molecule has 6 fully saturated rings. The van der Waals surface area contributed by atoms with Crippen LogP contribution in [-0.4, -0.2) is 167 Å². The number of sulfonamides is 1. The van der Waals surface area contributed by atoms with Crippen molar-refractivity contribution in [3.05, 3.63) is 118 Å². The van der Waals surface area contributed by atoms with Gasteiger partial charge >= 0.3 is 0 Å². The van der Waals surface area contributed by atoms with E-state index in [1.807, 2.05) is 36.7 Å². The van der Waals surface area contributed by atoms with E-state index in [9.17, 15) is 23.3 Å². The maximum absolute atomic E-state index is 15.0. The Morgan fingerprint density at radius 2 is 1.68 bits per heavy atom. The first-order valence-corrected chi connectivity index (χ1v) is 31.5. The fourth-order valence-electron chi connectivity index (χ4n) is 14.7. The number of nitrogens with zero attached hydrogens (tertiary/aromatic N) is 8. The number of anilines is 5. The monoisotopic (exact) mass is 1180 g/mol. The van der Waals surface area contributed by atoms with Crippen LogP contribution in [0.15, 0.2) is 90.1 Å². The maximum Gasteiger partial charge on any atom is 0.297 e. The molecule has 0 bridgehead atoms. The highest BCUT2D eigenvalue weighted by Crippen LogP contribution is 2.54. The van der Waals surface area contributed by atoms with Crippen LogP contribution in [0.3, 0.4) is 0 Å². The van der Waals surface area contributed by atoms with Crippen molar-refractivity contribution in [1.29, 1.82) is 0 Å². The van der Waals surface area contributed by atoms with Gasteiger partial charge in [-0.15, -0.1) is 0 Å². The normalized spacial score (nSPS) is 23.9. The molecule has 1 amide bonds. The highest BCUT2D eigenvalue weighted by molar-refractivity contribution is 7.90. The number of aromatic nitrogens is 3. The summed E-state index contributed by atoms with van der Waals surface area (Å²) < 4.78 is 66.9. The minimum absolute atomic E-state index is 0.0256. The molecule has 4 atom stereocenters. The van der Waals surface area contributed by atoms with E-state index in [1.165, 1.54) is 17.2 Å². The van der Waals surface area contributed by atoms with Crippen LogP contribution >= 0.6 is 0 Å². The molecule has 14 rings (SSSR count). The van der Waals surface area contributed by atoms with Gasteiger partial charge in [-0.2, -0.15) is 4.98 Å². The molecule has 10 heterocycles. The van der Waals surface area contributed by atoms with E-state index in [-0.39, 0.29) is 53.1 Å². The lowest BCUT2D eigenvalue weighted by molar-refractivity contribution is -0.384. The Kier molecular flexibility index (Phi) is 14.9. The summed E-state index contributed by atoms with van der Waals surface area (Å²) >= 11 is 0. The molecular formula is C62H73N11O11S. The number of nitro groups is 1. The highest BCUT2D eigenvalue weighted by atomic mass is 32.2. The van der Waals surface area contributed by atoms with E-state index in [1.54, 1.807) is 13.2 Å². The molecule has 23 heteroatoms. The van der Waals surface area contributed by atoms with E-state index in [0.29, 0.717) is 75.0 Å². The van der Waals surface area contributed by atoms with Crippen LogP contribution in [0.25, 0.3) is 11.0 Å². The molecule has 6 aromatic rings. The summed E-state index contributed by atoms with van der Waals surface area (Å²) in [5, 5.41) is 16.7. The lowest BCUT2D eigenvalue weighted by atomic mass is 9.59. The second-order valence-corrected chi connectivity index (χ2v) is 26.0. The number of ether oxygens (including phenoxy) is 6. The molecule has 1 saturated carbocycles. The van der Waals surface area contributed by atoms with Gasteiger partial charge in [-0.1, -0.05) is 24.3 Å². The number of fused-ring (bicyclic) bond motifs is 4. The van der Waals surface area contributed by atoms with Gasteiger partial charge < -0.3 is 53.4 Å². The number of piperidine rings is 1. The highest BCUT2D eigenvalue weighted by Gasteiger charge is 2.50. The summed E-state index contributed by atoms with van der Waals surface area (Å²) in [6.07, 6.45) is 9.71. The Balaban J connectivity index is 0.714. The molecule has 7 aliphatic heterocycles. The van der Waals surface area contributed by atoms with Gasteiger partial charge in [0, 0.05) is 120 Å². The van der Waals surface area contributed by atoms with Crippen LogP contribution in [0.5, 0.6) is 17.4 Å². The lowest BCUT2D eigenvalue weighted by Gasteiger charge is -2.58. The van der Waals surface area contributed by atoms with Gasteiger partial charge in [-0.05, 0) is 116 Å². The quantitative estimate of drug-likeness (QED) is 0.0741. The van der Waals surface area contributed by atoms with E-state index in [0.717, 1.165) is 125 Å². The summed E-state index contributed by atoms with van der Waals surface area (Å²) in [5.74, 6) is 1.32. The first kappa shape index (κ1) is 55.6. The van der Waals surface area contributed by atoms with Gasteiger partial charge in [-0.3, -0.25) is 24.7 Å². The van der Waals surface area contributed by atoms with Crippen LogP contribution in [0.4, 0.5) is 34.3 Å². The average molecular weight is 1180 g/mol. The van der Waals surface area contributed by atoms with Crippen LogP contribution in [0.1, 0.15) is 78.0 Å². The number of hydrogen-bond acceptors (Lipinski definition) is 19. The second-order valence-electron chi connectivity index (χ2n) is 24.3. The molecule has 3 N–H and O–H groups in total. The van der Waals surface area contributed by atoms with Crippen LogP contribution in [-0.2, 0) is 30.8 Å². The molecule has 3 aromatic carbocycles. The molecule has 3 aromatic heterocycles. The molecule has 8 aliphatic rings. The van der Waals surface area contributed by atoms with Crippen molar-refractivity contribution in [3.63, 3.8) is 0 Å². The predicted octanol–water partition coefficient (Wildman–Crippen LogP) is 7.73. The Morgan fingerprint density at radius 1 is 0.882 bits per heavy atom. The van der Waals surface area contributed by atoms with E-state index in [2.05, 4.69) is 76.8 Å². The van der Waals surface area contributed by atoms with Gasteiger partial charge in [-0.25, -0.2) is 18.1 Å². The number of amides is 1. The van der Waals surface area contributed by atoms with Crippen molar-refractivity contribution >= 4 is 61.2 Å².